The molecular formula is C12H13F2O7S-. The van der Waals surface area contributed by atoms with Crippen molar-refractivity contribution in [3.63, 3.8) is 0 Å². The topological polar surface area (TPSA) is 86.3 Å². The summed E-state index contributed by atoms with van der Waals surface area (Å²) in [6.07, 6.45) is 0. The summed E-state index contributed by atoms with van der Waals surface area (Å²) < 4.78 is 43.8. The number of para-hydroxylation sites is 1. The number of benzene rings is 1. The van der Waals surface area contributed by atoms with Gasteiger partial charge in [0.15, 0.2) is 0 Å². The summed E-state index contributed by atoms with van der Waals surface area (Å²) in [6, 6.07) is 9.02. The van der Waals surface area contributed by atoms with E-state index >= 15 is 0 Å². The Bertz CT molecular complexity index is 433. The van der Waals surface area contributed by atoms with Crippen LogP contribution in [-0.2, 0) is 23.6 Å². The van der Waals surface area contributed by atoms with Gasteiger partial charge in [0.2, 0.25) is 0 Å². The average Bonchev–Trinajstić information content (AvgIpc) is 2.52. The van der Waals surface area contributed by atoms with Gasteiger partial charge in [0.25, 0.3) is 0 Å². The number of alkyl halides is 2. The van der Waals surface area contributed by atoms with Gasteiger partial charge in [-0.05, 0) is 12.1 Å². The van der Waals surface area contributed by atoms with Crippen LogP contribution in [0.15, 0.2) is 30.3 Å². The van der Waals surface area contributed by atoms with Crippen molar-refractivity contribution in [2.75, 3.05) is 26.4 Å². The summed E-state index contributed by atoms with van der Waals surface area (Å²) in [5, 5.41) is 8.08. The fourth-order valence-electron chi connectivity index (χ4n) is 1.21. The minimum absolute atomic E-state index is 0.0798. The summed E-state index contributed by atoms with van der Waals surface area (Å²) in [7, 11) is 0. The quantitative estimate of drug-likeness (QED) is 0.195. The lowest BCUT2D eigenvalue weighted by Gasteiger charge is -2.14. The normalized spacial score (nSPS) is 11.2. The number of carbonyl (C=O) groups is 1. The van der Waals surface area contributed by atoms with Crippen LogP contribution in [0.1, 0.15) is 0 Å². The molecule has 0 spiro atoms. The van der Waals surface area contributed by atoms with E-state index in [4.69, 9.17) is 9.47 Å². The molecule has 0 fully saturated rings. The van der Waals surface area contributed by atoms with Gasteiger partial charge in [0, 0.05) is 0 Å². The van der Waals surface area contributed by atoms with Gasteiger partial charge in [-0.3, -0.25) is 5.04 Å². The molecule has 22 heavy (non-hydrogen) atoms. The van der Waals surface area contributed by atoms with Crippen molar-refractivity contribution in [3.05, 3.63) is 30.3 Å². The van der Waals surface area contributed by atoms with E-state index < -0.39 is 23.3 Å². The SMILES string of the molecule is O=C(OCCOCCOc1ccccc1)C(F)(F)SOO[O-]. The van der Waals surface area contributed by atoms with E-state index in [1.165, 1.54) is 0 Å². The molecule has 124 valence electrons. The zero-order valence-corrected chi connectivity index (χ0v) is 12.1. The minimum Gasteiger partial charge on any atom is -0.691 e. The highest BCUT2D eigenvalue weighted by Gasteiger charge is 2.43. The fourth-order valence-corrected chi connectivity index (χ4v) is 1.45. The Balaban J connectivity index is 2.04. The smallest absolute Gasteiger partial charge is 0.415 e. The molecule has 0 aliphatic rings. The molecule has 0 N–H and O–H groups in total. The molecule has 0 atom stereocenters. The number of hydrogen-bond acceptors (Lipinski definition) is 8. The molecule has 0 unspecified atom stereocenters. The highest BCUT2D eigenvalue weighted by Crippen LogP contribution is 2.30. The van der Waals surface area contributed by atoms with Crippen LogP contribution in [0.2, 0.25) is 0 Å². The fraction of sp³-hybridized carbons (Fsp3) is 0.417. The molecule has 0 amide bonds. The third kappa shape index (κ3) is 7.52. The molecule has 0 saturated carbocycles. The molecule has 1 aromatic carbocycles. The Hall–Kier alpha value is -1.46. The van der Waals surface area contributed by atoms with Crippen LogP contribution >= 0.6 is 12.0 Å². The van der Waals surface area contributed by atoms with E-state index in [0.717, 1.165) is 0 Å². The third-order valence-corrected chi connectivity index (χ3v) is 2.60. The second kappa shape index (κ2) is 10.3. The predicted molar refractivity (Wildman–Crippen MR) is 68.4 cm³/mol. The molecule has 0 aliphatic heterocycles. The van der Waals surface area contributed by atoms with Crippen LogP contribution in [-0.4, -0.2) is 37.7 Å². The maximum atomic E-state index is 12.9. The highest BCUT2D eigenvalue weighted by molar-refractivity contribution is 7.96. The maximum absolute atomic E-state index is 12.9. The van der Waals surface area contributed by atoms with Crippen molar-refractivity contribution in [2.24, 2.45) is 0 Å². The number of rotatable bonds is 11. The van der Waals surface area contributed by atoms with E-state index in [2.05, 4.69) is 14.1 Å². The zero-order chi connectivity index (χ0) is 16.3. The molecule has 10 heteroatoms. The number of hydrogen-bond donors (Lipinski definition) is 0. The second-order valence-corrected chi connectivity index (χ2v) is 4.46. The van der Waals surface area contributed by atoms with Crippen LogP contribution < -0.4 is 9.99 Å². The van der Waals surface area contributed by atoms with E-state index in [0.29, 0.717) is 5.75 Å². The van der Waals surface area contributed by atoms with Gasteiger partial charge < -0.3 is 19.5 Å². The van der Waals surface area contributed by atoms with Crippen molar-refractivity contribution in [3.8, 4) is 5.75 Å². The predicted octanol–water partition coefficient (Wildman–Crippen LogP) is 1.09. The minimum atomic E-state index is -4.04. The van der Waals surface area contributed by atoms with Crippen molar-refractivity contribution in [2.45, 2.75) is 5.25 Å². The van der Waals surface area contributed by atoms with Crippen molar-refractivity contribution in [1.29, 1.82) is 0 Å². The average molecular weight is 339 g/mol. The Morgan fingerprint density at radius 2 is 1.82 bits per heavy atom. The van der Waals surface area contributed by atoms with Crippen LogP contribution in [0.5, 0.6) is 5.75 Å². The van der Waals surface area contributed by atoms with Gasteiger partial charge in [-0.2, -0.15) is 13.1 Å². The van der Waals surface area contributed by atoms with Gasteiger partial charge in [0.05, 0.1) is 13.2 Å². The first-order chi connectivity index (χ1) is 10.6. The molecule has 0 bridgehead atoms. The summed E-state index contributed by atoms with van der Waals surface area (Å²) in [5.74, 6) is -1.19. The largest absolute Gasteiger partial charge is 0.691 e. The van der Waals surface area contributed by atoms with Crippen molar-refractivity contribution in [1.82, 2.24) is 0 Å². The Kier molecular flexibility index (Phi) is 8.70. The van der Waals surface area contributed by atoms with E-state index in [-0.39, 0.29) is 26.4 Å². The van der Waals surface area contributed by atoms with E-state index in [1.807, 2.05) is 18.2 Å². The Labute approximate surface area is 129 Å². The van der Waals surface area contributed by atoms with Gasteiger partial charge in [-0.25, -0.2) is 4.79 Å². The monoisotopic (exact) mass is 339 g/mol. The summed E-state index contributed by atoms with van der Waals surface area (Å²) in [4.78, 5) is 10.9. The summed E-state index contributed by atoms with van der Waals surface area (Å²) in [5.41, 5.74) is 0. The first kappa shape index (κ1) is 18.6. The van der Waals surface area contributed by atoms with E-state index in [1.54, 1.807) is 12.1 Å². The van der Waals surface area contributed by atoms with Gasteiger partial charge in [0.1, 0.15) is 31.0 Å². The van der Waals surface area contributed by atoms with Crippen LogP contribution in [0.25, 0.3) is 0 Å². The second-order valence-electron chi connectivity index (χ2n) is 3.65. The Morgan fingerprint density at radius 3 is 2.50 bits per heavy atom. The molecule has 1 rings (SSSR count). The van der Waals surface area contributed by atoms with E-state index in [9.17, 15) is 18.8 Å². The molecule has 0 aliphatic carbocycles. The molecule has 0 saturated heterocycles. The van der Waals surface area contributed by atoms with Crippen LogP contribution in [0.3, 0.4) is 0 Å². The molecular weight excluding hydrogens is 326 g/mol. The number of halogens is 2. The number of ether oxygens (including phenoxy) is 3. The number of carbonyl (C=O) groups excluding carboxylic acids is 1. The molecule has 0 aromatic heterocycles. The van der Waals surface area contributed by atoms with Crippen molar-refractivity contribution >= 4 is 18.0 Å². The standard InChI is InChI=1S/C12H14F2O7S/c13-12(14,22-21-20-16)11(15)19-9-7-17-6-8-18-10-4-2-1-3-5-10/h1-5,16H,6-9H2/p-1. The summed E-state index contributed by atoms with van der Waals surface area (Å²) in [6.45, 7) is 0.00543. The van der Waals surface area contributed by atoms with Crippen LogP contribution in [0.4, 0.5) is 8.78 Å². The molecule has 0 heterocycles. The third-order valence-electron chi connectivity index (χ3n) is 2.10. The lowest BCUT2D eigenvalue weighted by molar-refractivity contribution is -0.777. The van der Waals surface area contributed by atoms with Gasteiger partial charge >= 0.3 is 11.2 Å². The van der Waals surface area contributed by atoms with Gasteiger partial charge in [-0.15, -0.1) is 0 Å². The molecule has 0 radical (unpaired) electrons. The first-order valence-corrected chi connectivity index (χ1v) is 6.75. The first-order valence-electron chi connectivity index (χ1n) is 6.01. The summed E-state index contributed by atoms with van der Waals surface area (Å²) >= 11 is -0.747. The van der Waals surface area contributed by atoms with Gasteiger partial charge in [-0.1, -0.05) is 18.2 Å². The zero-order valence-electron chi connectivity index (χ0n) is 11.2. The highest BCUT2D eigenvalue weighted by atomic mass is 32.2. The maximum Gasteiger partial charge on any atom is 0.415 e. The molecule has 1 aromatic rings. The molecule has 7 nitrogen and oxygen atoms in total. The lowest BCUT2D eigenvalue weighted by atomic mass is 10.3. The van der Waals surface area contributed by atoms with Crippen molar-refractivity contribution < 1.29 is 42.4 Å². The van der Waals surface area contributed by atoms with Crippen LogP contribution in [0, 0.1) is 0 Å². The lowest BCUT2D eigenvalue weighted by Crippen LogP contribution is -2.29. The Morgan fingerprint density at radius 1 is 1.14 bits per heavy atom. The number of esters is 1.